The zero-order valence-corrected chi connectivity index (χ0v) is 7.78. The molecule has 0 aliphatic carbocycles. The van der Waals surface area contributed by atoms with E-state index in [-0.39, 0.29) is 10.6 Å². The van der Waals surface area contributed by atoms with Gasteiger partial charge in [-0.1, -0.05) is 26.0 Å². The molecular weight excluding hydrogens is 166 g/mol. The normalized spacial score (nSPS) is 10.4. The average Bonchev–Trinajstić information content (AvgIpc) is 2.17. The molecule has 0 atom stereocenters. The highest BCUT2D eigenvalue weighted by Crippen LogP contribution is 2.20. The Morgan fingerprint density at radius 3 is 2.31 bits per heavy atom. The number of benzene rings is 1. The second kappa shape index (κ2) is 4.03. The van der Waals surface area contributed by atoms with Gasteiger partial charge < -0.3 is 0 Å². The van der Waals surface area contributed by atoms with Crippen LogP contribution in [0, 0.1) is 16.0 Å². The van der Waals surface area contributed by atoms with Crippen LogP contribution in [0.3, 0.4) is 0 Å². The minimum atomic E-state index is -0.384. The third-order valence-electron chi connectivity index (χ3n) is 2.10. The first kappa shape index (κ1) is 9.71. The van der Waals surface area contributed by atoms with Crippen molar-refractivity contribution in [2.24, 2.45) is 0 Å². The number of nitrogens with zero attached hydrogens (tertiary/aromatic N) is 1. The number of non-ortho nitro benzene ring substituents is 1. The van der Waals surface area contributed by atoms with Crippen molar-refractivity contribution < 1.29 is 4.92 Å². The molecule has 69 valence electrons. The summed E-state index contributed by atoms with van der Waals surface area (Å²) >= 11 is 0. The highest BCUT2D eigenvalue weighted by molar-refractivity contribution is 5.38. The van der Waals surface area contributed by atoms with E-state index in [1.54, 1.807) is 12.1 Å². The van der Waals surface area contributed by atoms with Crippen molar-refractivity contribution in [2.45, 2.75) is 20.3 Å². The first-order chi connectivity index (χ1) is 6.15. The van der Waals surface area contributed by atoms with Crippen LogP contribution in [-0.4, -0.2) is 4.92 Å². The summed E-state index contributed by atoms with van der Waals surface area (Å²) in [6.07, 6.45) is 0.970. The summed E-state index contributed by atoms with van der Waals surface area (Å²) in [5.74, 6) is 1.25. The Kier molecular flexibility index (Phi) is 3.01. The molecule has 1 aromatic carbocycles. The van der Waals surface area contributed by atoms with E-state index in [9.17, 15) is 10.1 Å². The summed E-state index contributed by atoms with van der Waals surface area (Å²) in [6.45, 7) is 4.10. The van der Waals surface area contributed by atoms with Crippen molar-refractivity contribution in [1.82, 2.24) is 0 Å². The van der Waals surface area contributed by atoms with E-state index in [2.05, 4.69) is 6.92 Å². The molecule has 3 heteroatoms. The number of nitro groups is 1. The van der Waals surface area contributed by atoms with Crippen molar-refractivity contribution in [3.8, 4) is 0 Å². The molecule has 13 heavy (non-hydrogen) atoms. The standard InChI is InChI=1S/C10H12NO2/c1-3-8(2)9-4-6-10(7-5-9)11(12)13/h4-7H,3H2,1-2H3. The lowest BCUT2D eigenvalue weighted by molar-refractivity contribution is -0.384. The minimum Gasteiger partial charge on any atom is -0.258 e. The summed E-state index contributed by atoms with van der Waals surface area (Å²) < 4.78 is 0. The monoisotopic (exact) mass is 178 g/mol. The number of hydrogen-bond donors (Lipinski definition) is 0. The van der Waals surface area contributed by atoms with Crippen LogP contribution in [0.4, 0.5) is 5.69 Å². The van der Waals surface area contributed by atoms with E-state index in [4.69, 9.17) is 0 Å². The van der Waals surface area contributed by atoms with Crippen LogP contribution in [0.5, 0.6) is 0 Å². The van der Waals surface area contributed by atoms with E-state index in [1.165, 1.54) is 18.1 Å². The SMILES string of the molecule is CC[C](C)c1ccc([N+](=O)[O-])cc1. The average molecular weight is 178 g/mol. The molecule has 1 radical (unpaired) electrons. The fraction of sp³-hybridized carbons (Fsp3) is 0.300. The quantitative estimate of drug-likeness (QED) is 0.527. The van der Waals surface area contributed by atoms with E-state index >= 15 is 0 Å². The van der Waals surface area contributed by atoms with Crippen molar-refractivity contribution >= 4 is 5.69 Å². The number of nitro benzene ring substituents is 1. The topological polar surface area (TPSA) is 43.1 Å². The molecule has 0 fully saturated rings. The van der Waals surface area contributed by atoms with E-state index in [0.717, 1.165) is 12.0 Å². The summed E-state index contributed by atoms with van der Waals surface area (Å²) in [4.78, 5) is 9.97. The van der Waals surface area contributed by atoms with Crippen LogP contribution in [0.2, 0.25) is 0 Å². The van der Waals surface area contributed by atoms with E-state index in [1.807, 2.05) is 6.92 Å². The van der Waals surface area contributed by atoms with Gasteiger partial charge in [-0.05, 0) is 12.0 Å². The maximum atomic E-state index is 10.4. The highest BCUT2D eigenvalue weighted by Gasteiger charge is 2.07. The number of hydrogen-bond acceptors (Lipinski definition) is 2. The fourth-order valence-corrected chi connectivity index (χ4v) is 1.07. The Bertz CT molecular complexity index is 292. The molecular formula is C10H12NO2. The second-order valence-electron chi connectivity index (χ2n) is 2.94. The molecule has 3 nitrogen and oxygen atoms in total. The van der Waals surface area contributed by atoms with Gasteiger partial charge in [0.1, 0.15) is 0 Å². The van der Waals surface area contributed by atoms with Gasteiger partial charge in [-0.2, -0.15) is 0 Å². The molecule has 1 aromatic rings. The van der Waals surface area contributed by atoms with Gasteiger partial charge in [0, 0.05) is 18.1 Å². The van der Waals surface area contributed by atoms with Gasteiger partial charge in [-0.25, -0.2) is 0 Å². The van der Waals surface area contributed by atoms with Crippen molar-refractivity contribution in [1.29, 1.82) is 0 Å². The molecule has 0 bridgehead atoms. The van der Waals surface area contributed by atoms with Crippen molar-refractivity contribution in [3.05, 3.63) is 45.9 Å². The largest absolute Gasteiger partial charge is 0.269 e. The first-order valence-electron chi connectivity index (χ1n) is 4.22. The smallest absolute Gasteiger partial charge is 0.258 e. The summed E-state index contributed by atoms with van der Waals surface area (Å²) in [5.41, 5.74) is 1.22. The molecule has 0 saturated heterocycles. The first-order valence-corrected chi connectivity index (χ1v) is 4.22. The summed E-state index contributed by atoms with van der Waals surface area (Å²) in [7, 11) is 0. The summed E-state index contributed by atoms with van der Waals surface area (Å²) in [5, 5.41) is 10.4. The van der Waals surface area contributed by atoms with Crippen molar-refractivity contribution in [3.63, 3.8) is 0 Å². The molecule has 0 N–H and O–H groups in total. The van der Waals surface area contributed by atoms with Gasteiger partial charge in [0.15, 0.2) is 0 Å². The van der Waals surface area contributed by atoms with Crippen LogP contribution in [0.15, 0.2) is 24.3 Å². The van der Waals surface area contributed by atoms with Crippen LogP contribution in [-0.2, 0) is 0 Å². The Labute approximate surface area is 77.5 Å². The third-order valence-corrected chi connectivity index (χ3v) is 2.10. The van der Waals surface area contributed by atoms with Gasteiger partial charge in [-0.3, -0.25) is 10.1 Å². The molecule has 0 spiro atoms. The lowest BCUT2D eigenvalue weighted by Crippen LogP contribution is -1.93. The second-order valence-corrected chi connectivity index (χ2v) is 2.94. The highest BCUT2D eigenvalue weighted by atomic mass is 16.6. The van der Waals surface area contributed by atoms with Gasteiger partial charge in [0.25, 0.3) is 5.69 Å². The Morgan fingerprint density at radius 1 is 1.38 bits per heavy atom. The van der Waals surface area contributed by atoms with Gasteiger partial charge in [-0.15, -0.1) is 0 Å². The van der Waals surface area contributed by atoms with E-state index in [0.29, 0.717) is 0 Å². The number of rotatable bonds is 3. The van der Waals surface area contributed by atoms with E-state index < -0.39 is 0 Å². The molecule has 0 aromatic heterocycles. The molecule has 0 aliphatic heterocycles. The molecule has 0 aliphatic rings. The predicted molar refractivity (Wildman–Crippen MR) is 51.4 cm³/mol. The summed E-state index contributed by atoms with van der Waals surface area (Å²) in [6, 6.07) is 6.65. The molecule has 0 saturated carbocycles. The maximum Gasteiger partial charge on any atom is 0.269 e. The third kappa shape index (κ3) is 2.28. The zero-order chi connectivity index (χ0) is 9.84. The zero-order valence-electron chi connectivity index (χ0n) is 7.78. The van der Waals surface area contributed by atoms with Crippen LogP contribution >= 0.6 is 0 Å². The lowest BCUT2D eigenvalue weighted by Gasteiger charge is -2.06. The van der Waals surface area contributed by atoms with Gasteiger partial charge >= 0.3 is 0 Å². The predicted octanol–water partition coefficient (Wildman–Crippen LogP) is 2.95. The van der Waals surface area contributed by atoms with Crippen LogP contribution < -0.4 is 0 Å². The molecule has 0 heterocycles. The van der Waals surface area contributed by atoms with Crippen molar-refractivity contribution in [2.75, 3.05) is 0 Å². The Balaban J connectivity index is 2.87. The van der Waals surface area contributed by atoms with Gasteiger partial charge in [0.2, 0.25) is 0 Å². The Hall–Kier alpha value is -1.38. The minimum absolute atomic E-state index is 0.146. The Morgan fingerprint density at radius 2 is 1.92 bits per heavy atom. The molecule has 1 rings (SSSR count). The maximum absolute atomic E-state index is 10.4. The fourth-order valence-electron chi connectivity index (χ4n) is 1.07. The van der Waals surface area contributed by atoms with Crippen LogP contribution in [0.25, 0.3) is 0 Å². The van der Waals surface area contributed by atoms with Gasteiger partial charge in [0.05, 0.1) is 4.92 Å². The molecule has 0 unspecified atom stereocenters. The van der Waals surface area contributed by atoms with Crippen LogP contribution in [0.1, 0.15) is 25.8 Å². The molecule has 0 amide bonds. The lowest BCUT2D eigenvalue weighted by atomic mass is 9.99.